The minimum atomic E-state index is -0.336. The van der Waals surface area contributed by atoms with E-state index in [2.05, 4.69) is 22.6 Å². The Kier molecular flexibility index (Phi) is 6.15. The highest BCUT2D eigenvalue weighted by Crippen LogP contribution is 2.51. The van der Waals surface area contributed by atoms with Gasteiger partial charge in [-0.2, -0.15) is 0 Å². The molecule has 0 aliphatic rings. The van der Waals surface area contributed by atoms with Gasteiger partial charge in [0.05, 0.1) is 14.2 Å². The monoisotopic (exact) mass is 444 g/mol. The maximum atomic E-state index is 12.1. The van der Waals surface area contributed by atoms with Crippen molar-refractivity contribution < 1.29 is 24.1 Å². The lowest BCUT2D eigenvalue weighted by atomic mass is 10.00. The maximum absolute atomic E-state index is 12.1. The summed E-state index contributed by atoms with van der Waals surface area (Å²) in [7, 11) is 2.89. The molecule has 6 heteroatoms. The summed E-state index contributed by atoms with van der Waals surface area (Å²) in [4.78, 5) is 12.1. The van der Waals surface area contributed by atoms with Gasteiger partial charge in [0, 0.05) is 21.6 Å². The van der Waals surface area contributed by atoms with Crippen LogP contribution in [0, 0.1) is 13.8 Å². The van der Waals surface area contributed by atoms with E-state index in [0.717, 1.165) is 22.0 Å². The molecule has 0 unspecified atom stereocenters. The topological polar surface area (TPSA) is 65.0 Å². The number of benzene rings is 2. The van der Waals surface area contributed by atoms with Crippen LogP contribution in [-0.2, 0) is 4.79 Å². The number of aryl methyl sites for hydroxylation is 2. The molecule has 0 amide bonds. The molecular formula is C18H21IO5. The fraction of sp³-hybridized carbons (Fsp3) is 0.389. The SMILES string of the molecule is COc1c(OC)c(OC(=O)CCCI)c2cc(C)c(C)cc2c1O. The lowest BCUT2D eigenvalue weighted by Crippen LogP contribution is -2.10. The Balaban J connectivity index is 2.71. The fourth-order valence-corrected chi connectivity index (χ4v) is 2.89. The van der Waals surface area contributed by atoms with Crippen LogP contribution in [0.4, 0.5) is 0 Å². The minimum absolute atomic E-state index is 0.0282. The molecule has 0 saturated carbocycles. The molecule has 24 heavy (non-hydrogen) atoms. The van der Waals surface area contributed by atoms with Crippen LogP contribution >= 0.6 is 22.6 Å². The predicted molar refractivity (Wildman–Crippen MR) is 102 cm³/mol. The number of phenols is 1. The van der Waals surface area contributed by atoms with Gasteiger partial charge in [-0.1, -0.05) is 22.6 Å². The van der Waals surface area contributed by atoms with Gasteiger partial charge in [0.25, 0.3) is 0 Å². The summed E-state index contributed by atoms with van der Waals surface area (Å²) in [6.07, 6.45) is 1.06. The van der Waals surface area contributed by atoms with Crippen LogP contribution in [0.5, 0.6) is 23.0 Å². The second kappa shape index (κ2) is 7.92. The summed E-state index contributed by atoms with van der Waals surface area (Å²) in [6, 6.07) is 3.73. The van der Waals surface area contributed by atoms with Crippen molar-refractivity contribution in [2.75, 3.05) is 18.6 Å². The highest BCUT2D eigenvalue weighted by molar-refractivity contribution is 14.1. The standard InChI is InChI=1S/C18H21IO5/c1-10-8-12-13(9-11(10)2)16(24-14(20)6-5-7-19)18(23-4)17(22-3)15(12)21/h8-9,21H,5-7H2,1-4H3. The lowest BCUT2D eigenvalue weighted by Gasteiger charge is -2.18. The molecule has 0 aliphatic heterocycles. The second-order valence-corrected chi connectivity index (χ2v) is 6.57. The highest BCUT2D eigenvalue weighted by Gasteiger charge is 2.24. The number of alkyl halides is 1. The van der Waals surface area contributed by atoms with E-state index in [-0.39, 0.29) is 29.0 Å². The molecule has 2 rings (SSSR count). The summed E-state index contributed by atoms with van der Waals surface area (Å²) in [5, 5.41) is 11.7. The summed E-state index contributed by atoms with van der Waals surface area (Å²) in [5.41, 5.74) is 2.05. The van der Waals surface area contributed by atoms with Crippen LogP contribution in [-0.4, -0.2) is 29.7 Å². The van der Waals surface area contributed by atoms with Crippen LogP contribution in [0.2, 0.25) is 0 Å². The zero-order valence-corrected chi connectivity index (χ0v) is 16.4. The minimum Gasteiger partial charge on any atom is -0.504 e. The van der Waals surface area contributed by atoms with E-state index in [0.29, 0.717) is 17.2 Å². The number of carbonyl (C=O) groups is 1. The van der Waals surface area contributed by atoms with Crippen LogP contribution in [0.15, 0.2) is 12.1 Å². The first kappa shape index (κ1) is 18.6. The van der Waals surface area contributed by atoms with E-state index >= 15 is 0 Å². The number of phenolic OH excluding ortho intramolecular Hbond substituents is 1. The third-order valence-corrected chi connectivity index (χ3v) is 4.66. The first-order valence-electron chi connectivity index (χ1n) is 7.59. The molecular weight excluding hydrogens is 423 g/mol. The number of halogens is 1. The van der Waals surface area contributed by atoms with E-state index in [4.69, 9.17) is 14.2 Å². The number of aromatic hydroxyl groups is 1. The Morgan fingerprint density at radius 2 is 1.62 bits per heavy atom. The molecule has 1 N–H and O–H groups in total. The van der Waals surface area contributed by atoms with E-state index in [9.17, 15) is 9.90 Å². The van der Waals surface area contributed by atoms with Gasteiger partial charge in [0.2, 0.25) is 11.5 Å². The third kappa shape index (κ3) is 3.53. The summed E-state index contributed by atoms with van der Waals surface area (Å²) < 4.78 is 17.1. The van der Waals surface area contributed by atoms with E-state index < -0.39 is 0 Å². The lowest BCUT2D eigenvalue weighted by molar-refractivity contribution is -0.134. The average Bonchev–Trinajstić information content (AvgIpc) is 2.56. The van der Waals surface area contributed by atoms with E-state index in [1.165, 1.54) is 14.2 Å². The molecule has 0 saturated heterocycles. The van der Waals surface area contributed by atoms with Crippen molar-refractivity contribution in [2.45, 2.75) is 26.7 Å². The molecule has 0 aromatic heterocycles. The number of fused-ring (bicyclic) bond motifs is 1. The number of ether oxygens (including phenoxy) is 3. The molecule has 0 heterocycles. The van der Waals surface area contributed by atoms with Crippen molar-refractivity contribution in [1.82, 2.24) is 0 Å². The Morgan fingerprint density at radius 3 is 2.17 bits per heavy atom. The zero-order valence-electron chi connectivity index (χ0n) is 14.2. The van der Waals surface area contributed by atoms with Crippen molar-refractivity contribution in [3.8, 4) is 23.0 Å². The van der Waals surface area contributed by atoms with Crippen LogP contribution < -0.4 is 14.2 Å². The van der Waals surface area contributed by atoms with Gasteiger partial charge in [0.1, 0.15) is 0 Å². The fourth-order valence-electron chi connectivity index (χ4n) is 2.51. The van der Waals surface area contributed by atoms with Gasteiger partial charge < -0.3 is 19.3 Å². The van der Waals surface area contributed by atoms with Crippen LogP contribution in [0.1, 0.15) is 24.0 Å². The zero-order chi connectivity index (χ0) is 17.9. The van der Waals surface area contributed by atoms with Crippen molar-refractivity contribution in [2.24, 2.45) is 0 Å². The highest BCUT2D eigenvalue weighted by atomic mass is 127. The number of hydrogen-bond donors (Lipinski definition) is 1. The average molecular weight is 444 g/mol. The number of methoxy groups -OCH3 is 2. The van der Waals surface area contributed by atoms with Crippen molar-refractivity contribution in [3.05, 3.63) is 23.3 Å². The summed E-state index contributed by atoms with van der Waals surface area (Å²) in [5.74, 6) is 0.291. The molecule has 0 spiro atoms. The Hall–Kier alpha value is -1.70. The maximum Gasteiger partial charge on any atom is 0.311 e. The van der Waals surface area contributed by atoms with Crippen molar-refractivity contribution in [1.29, 1.82) is 0 Å². The molecule has 0 bridgehead atoms. The smallest absolute Gasteiger partial charge is 0.311 e. The first-order chi connectivity index (χ1) is 11.4. The molecule has 0 aliphatic carbocycles. The third-order valence-electron chi connectivity index (χ3n) is 3.90. The van der Waals surface area contributed by atoms with E-state index in [1.807, 2.05) is 26.0 Å². The number of carbonyl (C=O) groups excluding carboxylic acids is 1. The predicted octanol–water partition coefficient (Wildman–Crippen LogP) is 4.30. The molecule has 2 aromatic carbocycles. The normalized spacial score (nSPS) is 10.7. The van der Waals surface area contributed by atoms with Crippen molar-refractivity contribution >= 4 is 39.3 Å². The van der Waals surface area contributed by atoms with Crippen LogP contribution in [0.3, 0.4) is 0 Å². The van der Waals surface area contributed by atoms with Gasteiger partial charge >= 0.3 is 5.97 Å². The Bertz CT molecular complexity index is 770. The number of hydrogen-bond acceptors (Lipinski definition) is 5. The van der Waals surface area contributed by atoms with Crippen LogP contribution in [0.25, 0.3) is 10.8 Å². The molecule has 0 radical (unpaired) electrons. The van der Waals surface area contributed by atoms with Crippen molar-refractivity contribution in [3.63, 3.8) is 0 Å². The first-order valence-corrected chi connectivity index (χ1v) is 9.11. The summed E-state index contributed by atoms with van der Waals surface area (Å²) >= 11 is 2.22. The van der Waals surface area contributed by atoms with Gasteiger partial charge in [-0.15, -0.1) is 0 Å². The van der Waals surface area contributed by atoms with Gasteiger partial charge in [0.15, 0.2) is 11.5 Å². The molecule has 130 valence electrons. The molecule has 5 nitrogen and oxygen atoms in total. The molecule has 2 aromatic rings. The molecule has 0 atom stereocenters. The Labute approximate surface area is 155 Å². The quantitative estimate of drug-likeness (QED) is 0.312. The van der Waals surface area contributed by atoms with Gasteiger partial charge in [-0.25, -0.2) is 0 Å². The largest absolute Gasteiger partial charge is 0.504 e. The number of esters is 1. The van der Waals surface area contributed by atoms with E-state index in [1.54, 1.807) is 0 Å². The molecule has 0 fully saturated rings. The second-order valence-electron chi connectivity index (χ2n) is 5.49. The summed E-state index contributed by atoms with van der Waals surface area (Å²) in [6.45, 7) is 3.92. The van der Waals surface area contributed by atoms with Gasteiger partial charge in [-0.05, 0) is 43.5 Å². The number of rotatable bonds is 6. The van der Waals surface area contributed by atoms with Gasteiger partial charge in [-0.3, -0.25) is 4.79 Å². The Morgan fingerprint density at radius 1 is 1.04 bits per heavy atom.